The summed E-state index contributed by atoms with van der Waals surface area (Å²) >= 11 is 5.85. The van der Waals surface area contributed by atoms with E-state index in [9.17, 15) is 28.0 Å². The molecule has 2 aromatic heterocycles. The van der Waals surface area contributed by atoms with Crippen LogP contribution < -0.4 is 9.63 Å². The molecule has 7 nitrogen and oxygen atoms in total. The summed E-state index contributed by atoms with van der Waals surface area (Å²) in [5, 5.41) is 13.4. The number of rotatable bonds is 4. The third-order valence-electron chi connectivity index (χ3n) is 5.42. The Kier molecular flexibility index (Phi) is 8.29. The molecule has 1 N–H and O–H groups in total. The van der Waals surface area contributed by atoms with Crippen LogP contribution in [0.25, 0.3) is 0 Å². The Morgan fingerprint density at radius 3 is 2.57 bits per heavy atom. The van der Waals surface area contributed by atoms with E-state index in [2.05, 4.69) is 5.10 Å². The maximum absolute atomic E-state index is 13.3. The van der Waals surface area contributed by atoms with E-state index in [1.165, 1.54) is 34.2 Å². The molecule has 3 aromatic rings. The van der Waals surface area contributed by atoms with Crippen LogP contribution >= 0.6 is 25.1 Å². The largest absolute Gasteiger partial charge is 0.417 e. The number of carbonyl (C=O) groups excluding carboxylic acids is 2. The lowest BCUT2D eigenvalue weighted by atomic mass is 10.0. The molecule has 0 spiro atoms. The topological polar surface area (TPSA) is 79.3 Å². The second-order valence-corrected chi connectivity index (χ2v) is 8.38. The van der Waals surface area contributed by atoms with E-state index in [1.807, 2.05) is 6.92 Å². The van der Waals surface area contributed by atoms with Crippen LogP contribution in [0.1, 0.15) is 57.9 Å². The molecule has 1 amide bonds. The van der Waals surface area contributed by atoms with Gasteiger partial charge < -0.3 is 4.90 Å². The van der Waals surface area contributed by atoms with Gasteiger partial charge in [-0.05, 0) is 38.1 Å². The summed E-state index contributed by atoms with van der Waals surface area (Å²) in [7, 11) is 0. The number of Topliss-reactive ketones (excluding diaryl/α,β-unsaturated/α-hetero) is 1. The van der Waals surface area contributed by atoms with E-state index in [4.69, 9.17) is 11.6 Å². The van der Waals surface area contributed by atoms with Crippen LogP contribution in [0.2, 0.25) is 5.02 Å². The lowest BCUT2D eigenvalue weighted by Crippen LogP contribution is -2.43. The van der Waals surface area contributed by atoms with Crippen LogP contribution in [0.15, 0.2) is 42.9 Å². The molecular formula is C23H25ClF3N4O3S+. The fraction of sp³-hybridized carbons (Fsp3) is 0.304. The molecule has 0 bridgehead atoms. The van der Waals surface area contributed by atoms with Crippen molar-refractivity contribution >= 4 is 42.5 Å². The molecule has 1 atom stereocenters. The van der Waals surface area contributed by atoms with Crippen molar-refractivity contribution in [1.82, 2.24) is 9.78 Å². The van der Waals surface area contributed by atoms with Gasteiger partial charge in [-0.3, -0.25) is 19.5 Å². The second-order valence-electron chi connectivity index (χ2n) is 7.97. The van der Waals surface area contributed by atoms with Crippen LogP contribution in [0.3, 0.4) is 0 Å². The number of alkyl halides is 3. The van der Waals surface area contributed by atoms with E-state index in [-0.39, 0.29) is 62.7 Å². The van der Waals surface area contributed by atoms with Gasteiger partial charge in [0.05, 0.1) is 28.4 Å². The zero-order valence-corrected chi connectivity index (χ0v) is 19.9. The molecule has 3 heterocycles. The molecule has 0 fully saturated rings. The highest BCUT2D eigenvalue weighted by Crippen LogP contribution is 2.37. The van der Waals surface area contributed by atoms with Crippen molar-refractivity contribution in [3.63, 3.8) is 0 Å². The number of nitrogens with zero attached hydrogens (tertiary/aromatic N) is 4. The zero-order chi connectivity index (χ0) is 24.1. The Morgan fingerprint density at radius 1 is 1.29 bits per heavy atom. The first kappa shape index (κ1) is 28.2. The summed E-state index contributed by atoms with van der Waals surface area (Å²) in [6.07, 6.45) is -0.598. The monoisotopic (exact) mass is 529 g/mol. The predicted octanol–water partition coefficient (Wildman–Crippen LogP) is 4.78. The molecule has 35 heavy (non-hydrogen) atoms. The average Bonchev–Trinajstić information content (AvgIpc) is 3.13. The van der Waals surface area contributed by atoms with Gasteiger partial charge in [-0.15, -0.1) is 0 Å². The highest BCUT2D eigenvalue weighted by molar-refractivity contribution is 7.59. The number of carbonyl (C=O) groups is 2. The van der Waals surface area contributed by atoms with Crippen LogP contribution in [-0.2, 0) is 12.6 Å². The van der Waals surface area contributed by atoms with Gasteiger partial charge >= 0.3 is 6.18 Å². The molecule has 0 saturated heterocycles. The van der Waals surface area contributed by atoms with Crippen molar-refractivity contribution in [2.45, 2.75) is 39.9 Å². The van der Waals surface area contributed by atoms with Crippen molar-refractivity contribution in [3.05, 3.63) is 75.8 Å². The maximum atomic E-state index is 13.3. The number of hydrogen-bond acceptors (Lipinski definition) is 4. The van der Waals surface area contributed by atoms with E-state index in [1.54, 1.807) is 13.0 Å². The van der Waals surface area contributed by atoms with Crippen LogP contribution in [0, 0.1) is 6.92 Å². The number of aromatic nitrogens is 3. The van der Waals surface area contributed by atoms with Crippen LogP contribution in [0.5, 0.6) is 0 Å². The average molecular weight is 530 g/mol. The van der Waals surface area contributed by atoms with Gasteiger partial charge in [0.2, 0.25) is 12.4 Å². The third-order valence-corrected chi connectivity index (χ3v) is 5.73. The van der Waals surface area contributed by atoms with Crippen molar-refractivity contribution < 1.29 is 32.7 Å². The summed E-state index contributed by atoms with van der Waals surface area (Å²) < 4.78 is 41.5. The van der Waals surface area contributed by atoms with E-state index in [0.29, 0.717) is 11.1 Å². The van der Waals surface area contributed by atoms with Gasteiger partial charge in [0, 0.05) is 34.5 Å². The number of fused-ring (bicyclic) bond motifs is 1. The highest BCUT2D eigenvalue weighted by Gasteiger charge is 2.36. The molecule has 12 heteroatoms. The molecule has 188 valence electrons. The predicted molar refractivity (Wildman–Crippen MR) is 129 cm³/mol. The minimum absolute atomic E-state index is 0. The lowest BCUT2D eigenvalue weighted by molar-refractivity contribution is -0.905. The fourth-order valence-corrected chi connectivity index (χ4v) is 4.19. The first-order valence-electron chi connectivity index (χ1n) is 9.96. The van der Waals surface area contributed by atoms with Gasteiger partial charge in [-0.25, -0.2) is 0 Å². The number of amides is 1. The Bertz CT molecular complexity index is 1260. The minimum atomic E-state index is -4.61. The number of aryl methyl sites for hydroxylation is 1. The zero-order valence-electron chi connectivity index (χ0n) is 18.1. The summed E-state index contributed by atoms with van der Waals surface area (Å²) in [5.41, 5.74) is 0.736. The first-order chi connectivity index (χ1) is 15.5. The van der Waals surface area contributed by atoms with Crippen molar-refractivity contribution in [3.8, 4) is 0 Å². The van der Waals surface area contributed by atoms with Crippen molar-refractivity contribution in [2.24, 2.45) is 0 Å². The molecule has 0 saturated carbocycles. The molecule has 4 rings (SSSR count). The standard InChI is InChI=1S/C22H19ClF3N4O3.CH4.H2S/c1-12-5-15(11-28(33)9-12)19(31)6-14-8-27-30-13(2)10-29(21(32)20(14)30)16-3-4-17(18(23)7-16)22(24,25)26;;/h3-5,7-9,11,13,33H,6,10H2,1-2H3;1H4;1H2/q+1;;/t13-;;/m0../s1. The van der Waals surface area contributed by atoms with Crippen molar-refractivity contribution in [1.29, 1.82) is 0 Å². The molecule has 0 unspecified atom stereocenters. The third kappa shape index (κ3) is 5.46. The van der Waals surface area contributed by atoms with Gasteiger partial charge in [-0.1, -0.05) is 19.0 Å². The van der Waals surface area contributed by atoms with E-state index in [0.717, 1.165) is 16.9 Å². The summed E-state index contributed by atoms with van der Waals surface area (Å²) in [4.78, 5) is 27.4. The number of halogens is 4. The van der Waals surface area contributed by atoms with Gasteiger partial charge in [0.25, 0.3) is 5.91 Å². The lowest BCUT2D eigenvalue weighted by Gasteiger charge is -2.32. The first-order valence-corrected chi connectivity index (χ1v) is 10.3. The Hall–Kier alpha value is -3.05. The van der Waals surface area contributed by atoms with Gasteiger partial charge in [0.15, 0.2) is 5.78 Å². The normalized spacial score (nSPS) is 15.2. The Labute approximate surface area is 212 Å². The maximum Gasteiger partial charge on any atom is 0.417 e. The van der Waals surface area contributed by atoms with E-state index < -0.39 is 22.7 Å². The number of ketones is 1. The fourth-order valence-electron chi connectivity index (χ4n) is 3.91. The molecule has 1 aromatic carbocycles. The summed E-state index contributed by atoms with van der Waals surface area (Å²) in [6.45, 7) is 3.71. The quantitative estimate of drug-likeness (QED) is 0.299. The second kappa shape index (κ2) is 10.3. The van der Waals surface area contributed by atoms with Crippen molar-refractivity contribution in [2.75, 3.05) is 11.4 Å². The Balaban J connectivity index is 0.00000216. The van der Waals surface area contributed by atoms with Crippen LogP contribution in [0.4, 0.5) is 18.9 Å². The molecule has 1 aliphatic rings. The molecule has 0 radical (unpaired) electrons. The SMILES string of the molecule is C.Cc1cc(C(=O)Cc2cnn3c2C(=O)N(c2ccc(C(F)(F)F)c(Cl)c2)C[C@@H]3C)c[n+](O)c1.S. The molecule has 0 aliphatic carbocycles. The molecular weight excluding hydrogens is 505 g/mol. The minimum Gasteiger partial charge on any atom is -0.305 e. The van der Waals surface area contributed by atoms with Crippen LogP contribution in [-0.4, -0.2) is 33.2 Å². The summed E-state index contributed by atoms with van der Waals surface area (Å²) in [5.74, 6) is -0.821. The highest BCUT2D eigenvalue weighted by atomic mass is 35.5. The van der Waals surface area contributed by atoms with E-state index >= 15 is 0 Å². The molecule has 1 aliphatic heterocycles. The summed E-state index contributed by atoms with van der Waals surface area (Å²) in [6, 6.07) is 4.47. The number of pyridine rings is 1. The number of benzene rings is 1. The Morgan fingerprint density at radius 2 is 1.97 bits per heavy atom. The number of hydrogen-bond donors (Lipinski definition) is 1. The smallest absolute Gasteiger partial charge is 0.305 e. The van der Waals surface area contributed by atoms with Gasteiger partial charge in [0.1, 0.15) is 5.69 Å². The van der Waals surface area contributed by atoms with Gasteiger partial charge in [-0.2, -0.15) is 31.8 Å². The number of anilines is 1.